The normalized spacial score (nSPS) is 15.4. The molecule has 0 bridgehead atoms. The second kappa shape index (κ2) is 8.07. The van der Waals surface area contributed by atoms with E-state index >= 15 is 0 Å². The molecule has 1 aliphatic rings. The molecule has 1 atom stereocenters. The van der Waals surface area contributed by atoms with E-state index in [1.807, 2.05) is 48.5 Å². The summed E-state index contributed by atoms with van der Waals surface area (Å²) in [6.45, 7) is 4.02. The van der Waals surface area contributed by atoms with Gasteiger partial charge >= 0.3 is 0 Å². The fourth-order valence-electron chi connectivity index (χ4n) is 2.63. The van der Waals surface area contributed by atoms with Crippen LogP contribution in [0.5, 0.6) is 17.2 Å². The van der Waals surface area contributed by atoms with Gasteiger partial charge in [-0.25, -0.2) is 0 Å². The van der Waals surface area contributed by atoms with Gasteiger partial charge in [0.2, 0.25) is 0 Å². The molecule has 0 saturated carbocycles. The fourth-order valence-corrected chi connectivity index (χ4v) is 2.95. The molecule has 0 spiro atoms. The van der Waals surface area contributed by atoms with Crippen LogP contribution in [0, 0.1) is 0 Å². The van der Waals surface area contributed by atoms with Crippen molar-refractivity contribution in [1.82, 2.24) is 4.90 Å². The molecule has 1 heterocycles. The standard InChI is InChI=1S/C19H22N2O3S/c1-3-21(19(25)20-14-8-10-15(22-2)11-9-14)12-16-13-23-17-6-4-5-7-18(17)24-16/h4-11,16H,3,12-13H2,1-2H3,(H,20,25). The number of hydrogen-bond donors (Lipinski definition) is 1. The Morgan fingerprint density at radius 2 is 1.92 bits per heavy atom. The van der Waals surface area contributed by atoms with Crippen LogP contribution < -0.4 is 19.5 Å². The lowest BCUT2D eigenvalue weighted by molar-refractivity contribution is 0.0754. The molecule has 2 aromatic rings. The Bertz CT molecular complexity index is 721. The van der Waals surface area contributed by atoms with E-state index < -0.39 is 0 Å². The molecule has 132 valence electrons. The first-order valence-electron chi connectivity index (χ1n) is 8.28. The van der Waals surface area contributed by atoms with Crippen LogP contribution in [-0.4, -0.2) is 42.9 Å². The largest absolute Gasteiger partial charge is 0.497 e. The van der Waals surface area contributed by atoms with Gasteiger partial charge in [0.25, 0.3) is 0 Å². The lowest BCUT2D eigenvalue weighted by atomic mass is 10.2. The molecule has 5 nitrogen and oxygen atoms in total. The van der Waals surface area contributed by atoms with E-state index in [4.69, 9.17) is 26.4 Å². The fraction of sp³-hybridized carbons (Fsp3) is 0.316. The smallest absolute Gasteiger partial charge is 0.173 e. The predicted molar refractivity (Wildman–Crippen MR) is 103 cm³/mol. The maximum absolute atomic E-state index is 6.02. The molecule has 0 saturated heterocycles. The minimum absolute atomic E-state index is 0.0644. The SMILES string of the molecule is CCN(CC1COc2ccccc2O1)C(=S)Nc1ccc(OC)cc1. The molecule has 0 aromatic heterocycles. The summed E-state index contributed by atoms with van der Waals surface area (Å²) in [5, 5.41) is 3.92. The van der Waals surface area contributed by atoms with Gasteiger partial charge in [-0.05, 0) is 55.5 Å². The van der Waals surface area contributed by atoms with E-state index in [2.05, 4.69) is 17.1 Å². The van der Waals surface area contributed by atoms with E-state index in [0.717, 1.165) is 29.5 Å². The third-order valence-electron chi connectivity index (χ3n) is 4.00. The van der Waals surface area contributed by atoms with Crippen molar-refractivity contribution in [3.63, 3.8) is 0 Å². The average Bonchev–Trinajstić information content (AvgIpc) is 2.66. The molecule has 1 unspecified atom stereocenters. The predicted octanol–water partition coefficient (Wildman–Crippen LogP) is 3.55. The summed E-state index contributed by atoms with van der Waals surface area (Å²) in [7, 11) is 1.65. The van der Waals surface area contributed by atoms with E-state index in [9.17, 15) is 0 Å². The Morgan fingerprint density at radius 3 is 2.60 bits per heavy atom. The van der Waals surface area contributed by atoms with Gasteiger partial charge in [0.15, 0.2) is 22.7 Å². The minimum atomic E-state index is -0.0644. The first-order chi connectivity index (χ1) is 12.2. The number of nitrogens with one attached hydrogen (secondary N) is 1. The molecule has 6 heteroatoms. The minimum Gasteiger partial charge on any atom is -0.497 e. The van der Waals surface area contributed by atoms with Gasteiger partial charge in [0, 0.05) is 12.2 Å². The van der Waals surface area contributed by atoms with Crippen molar-refractivity contribution in [2.75, 3.05) is 32.1 Å². The molecule has 3 rings (SSSR count). The number of benzene rings is 2. The highest BCUT2D eigenvalue weighted by atomic mass is 32.1. The molecule has 0 radical (unpaired) electrons. The molecule has 0 aliphatic carbocycles. The molecule has 25 heavy (non-hydrogen) atoms. The topological polar surface area (TPSA) is 43.0 Å². The van der Waals surface area contributed by atoms with E-state index in [0.29, 0.717) is 18.3 Å². The number of fused-ring (bicyclic) bond motifs is 1. The van der Waals surface area contributed by atoms with Crippen LogP contribution >= 0.6 is 12.2 Å². The van der Waals surface area contributed by atoms with Crippen molar-refractivity contribution in [2.24, 2.45) is 0 Å². The van der Waals surface area contributed by atoms with Crippen molar-refractivity contribution in [2.45, 2.75) is 13.0 Å². The summed E-state index contributed by atoms with van der Waals surface area (Å²) in [6.07, 6.45) is -0.0644. The summed E-state index contributed by atoms with van der Waals surface area (Å²) < 4.78 is 17.0. The summed E-state index contributed by atoms with van der Waals surface area (Å²) in [5.74, 6) is 2.39. The van der Waals surface area contributed by atoms with Crippen LogP contribution in [0.1, 0.15) is 6.92 Å². The number of methoxy groups -OCH3 is 1. The highest BCUT2D eigenvalue weighted by Gasteiger charge is 2.23. The zero-order valence-corrected chi connectivity index (χ0v) is 15.2. The van der Waals surface area contributed by atoms with Crippen molar-refractivity contribution in [3.8, 4) is 17.2 Å². The Hall–Kier alpha value is -2.47. The first kappa shape index (κ1) is 17.4. The summed E-state index contributed by atoms with van der Waals surface area (Å²) in [6, 6.07) is 15.4. The zero-order valence-electron chi connectivity index (χ0n) is 14.4. The number of para-hydroxylation sites is 2. The Balaban J connectivity index is 1.59. The third-order valence-corrected chi connectivity index (χ3v) is 4.36. The number of thiocarbonyl (C=S) groups is 1. The van der Waals surface area contributed by atoms with Gasteiger partial charge in [-0.15, -0.1) is 0 Å². The van der Waals surface area contributed by atoms with Gasteiger partial charge in [0.1, 0.15) is 12.4 Å². The molecule has 0 amide bonds. The summed E-state index contributed by atoms with van der Waals surface area (Å²) in [4.78, 5) is 2.07. The maximum atomic E-state index is 6.02. The van der Waals surface area contributed by atoms with Gasteiger partial charge in [0.05, 0.1) is 13.7 Å². The zero-order chi connectivity index (χ0) is 17.6. The molecule has 2 aromatic carbocycles. The number of nitrogens with zero attached hydrogens (tertiary/aromatic N) is 1. The number of rotatable bonds is 5. The van der Waals surface area contributed by atoms with Crippen LogP contribution in [0.2, 0.25) is 0 Å². The molecule has 1 aliphatic heterocycles. The molecule has 1 N–H and O–H groups in total. The summed E-state index contributed by atoms with van der Waals surface area (Å²) in [5.41, 5.74) is 0.926. The molecular weight excluding hydrogens is 336 g/mol. The van der Waals surface area contributed by atoms with Gasteiger partial charge in [-0.1, -0.05) is 12.1 Å². The first-order valence-corrected chi connectivity index (χ1v) is 8.69. The second-order valence-electron chi connectivity index (χ2n) is 5.69. The number of anilines is 1. The van der Waals surface area contributed by atoms with Gasteiger partial charge in [-0.2, -0.15) is 0 Å². The van der Waals surface area contributed by atoms with Crippen LogP contribution in [0.25, 0.3) is 0 Å². The van der Waals surface area contributed by atoms with E-state index in [-0.39, 0.29) is 6.10 Å². The van der Waals surface area contributed by atoms with Crippen molar-refractivity contribution < 1.29 is 14.2 Å². The summed E-state index contributed by atoms with van der Waals surface area (Å²) >= 11 is 5.55. The second-order valence-corrected chi connectivity index (χ2v) is 6.08. The Labute approximate surface area is 153 Å². The lowest BCUT2D eigenvalue weighted by Gasteiger charge is -2.32. The third kappa shape index (κ3) is 4.33. The highest BCUT2D eigenvalue weighted by molar-refractivity contribution is 7.80. The van der Waals surface area contributed by atoms with Crippen molar-refractivity contribution in [1.29, 1.82) is 0 Å². The van der Waals surface area contributed by atoms with Crippen LogP contribution in [0.4, 0.5) is 5.69 Å². The monoisotopic (exact) mass is 358 g/mol. The van der Waals surface area contributed by atoms with Crippen LogP contribution in [-0.2, 0) is 0 Å². The molecule has 0 fully saturated rings. The van der Waals surface area contributed by atoms with Crippen LogP contribution in [0.15, 0.2) is 48.5 Å². The Morgan fingerprint density at radius 1 is 1.20 bits per heavy atom. The number of ether oxygens (including phenoxy) is 3. The number of likely N-dealkylation sites (N-methyl/N-ethyl adjacent to an activating group) is 1. The van der Waals surface area contributed by atoms with Crippen LogP contribution in [0.3, 0.4) is 0 Å². The maximum Gasteiger partial charge on any atom is 0.173 e. The Kier molecular flexibility index (Phi) is 5.60. The average molecular weight is 358 g/mol. The van der Waals surface area contributed by atoms with Gasteiger partial charge < -0.3 is 24.4 Å². The quantitative estimate of drug-likeness (QED) is 0.825. The van der Waals surface area contributed by atoms with Crippen molar-refractivity contribution >= 4 is 23.0 Å². The number of hydrogen-bond acceptors (Lipinski definition) is 4. The van der Waals surface area contributed by atoms with Gasteiger partial charge in [-0.3, -0.25) is 0 Å². The van der Waals surface area contributed by atoms with E-state index in [1.165, 1.54) is 0 Å². The van der Waals surface area contributed by atoms with Crippen molar-refractivity contribution in [3.05, 3.63) is 48.5 Å². The molecular formula is C19H22N2O3S. The lowest BCUT2D eigenvalue weighted by Crippen LogP contribution is -2.45. The highest BCUT2D eigenvalue weighted by Crippen LogP contribution is 2.31. The van der Waals surface area contributed by atoms with E-state index in [1.54, 1.807) is 7.11 Å².